The molecule has 0 saturated heterocycles. The van der Waals surface area contributed by atoms with Gasteiger partial charge in [0, 0.05) is 23.4 Å². The second kappa shape index (κ2) is 5.29. The van der Waals surface area contributed by atoms with Gasteiger partial charge < -0.3 is 10.1 Å². The van der Waals surface area contributed by atoms with E-state index in [0.717, 1.165) is 11.3 Å². The van der Waals surface area contributed by atoms with Gasteiger partial charge in [-0.3, -0.25) is 5.10 Å². The quantitative estimate of drug-likeness (QED) is 0.455. The molecule has 0 fully saturated rings. The second-order valence-electron chi connectivity index (χ2n) is 4.19. The van der Waals surface area contributed by atoms with Crippen molar-refractivity contribution in [1.82, 2.24) is 20.2 Å². The van der Waals surface area contributed by atoms with Crippen LogP contribution in [0.2, 0.25) is 5.15 Å². The normalized spacial score (nSPS) is 10.5. The number of halogens is 1. The van der Waals surface area contributed by atoms with Crippen LogP contribution in [-0.2, 0) is 0 Å². The van der Waals surface area contributed by atoms with Gasteiger partial charge in [-0.25, -0.2) is 4.98 Å². The number of nitro groups is 1. The Labute approximate surface area is 123 Å². The van der Waals surface area contributed by atoms with Crippen molar-refractivity contribution in [2.24, 2.45) is 0 Å². The molecular weight excluding hydrogens is 294 g/mol. The summed E-state index contributed by atoms with van der Waals surface area (Å²) in [6.07, 6.45) is 2.97. The molecule has 0 aliphatic carbocycles. The minimum absolute atomic E-state index is 0.219. The third kappa shape index (κ3) is 2.72. The zero-order chi connectivity index (χ0) is 14.8. The molecule has 104 valence electrons. The SMILES string of the molecule is O=[N+]([O-])c1cc(-c2cc(-c3ccnc(Cl)c3)[nH]n2)ccn1. The third-order valence-electron chi connectivity index (χ3n) is 2.84. The van der Waals surface area contributed by atoms with E-state index in [1.807, 2.05) is 0 Å². The van der Waals surface area contributed by atoms with Crippen molar-refractivity contribution in [2.45, 2.75) is 0 Å². The van der Waals surface area contributed by atoms with E-state index in [0.29, 0.717) is 16.4 Å². The Balaban J connectivity index is 1.98. The van der Waals surface area contributed by atoms with Gasteiger partial charge in [-0.2, -0.15) is 5.10 Å². The molecule has 0 atom stereocenters. The van der Waals surface area contributed by atoms with Gasteiger partial charge in [-0.05, 0) is 34.2 Å². The lowest BCUT2D eigenvalue weighted by Crippen LogP contribution is -1.91. The minimum atomic E-state index is -0.542. The van der Waals surface area contributed by atoms with Gasteiger partial charge >= 0.3 is 5.82 Å². The molecule has 0 aliphatic rings. The summed E-state index contributed by atoms with van der Waals surface area (Å²) in [5.74, 6) is -0.219. The lowest BCUT2D eigenvalue weighted by atomic mass is 10.1. The van der Waals surface area contributed by atoms with Gasteiger partial charge in [0.25, 0.3) is 0 Å². The topological polar surface area (TPSA) is 97.6 Å². The summed E-state index contributed by atoms with van der Waals surface area (Å²) in [5.41, 5.74) is 2.77. The summed E-state index contributed by atoms with van der Waals surface area (Å²) in [6, 6.07) is 8.31. The third-order valence-corrected chi connectivity index (χ3v) is 3.05. The maximum atomic E-state index is 10.7. The van der Waals surface area contributed by atoms with Crippen LogP contribution in [0.5, 0.6) is 0 Å². The van der Waals surface area contributed by atoms with Crippen molar-refractivity contribution in [1.29, 1.82) is 0 Å². The van der Waals surface area contributed by atoms with Crippen LogP contribution in [0, 0.1) is 10.1 Å². The Morgan fingerprint density at radius 1 is 1.10 bits per heavy atom. The number of nitrogens with zero attached hydrogens (tertiary/aromatic N) is 4. The number of nitrogens with one attached hydrogen (secondary N) is 1. The average Bonchev–Trinajstić information content (AvgIpc) is 2.97. The van der Waals surface area contributed by atoms with E-state index in [-0.39, 0.29) is 5.82 Å². The molecule has 3 rings (SSSR count). The van der Waals surface area contributed by atoms with Gasteiger partial charge in [0.05, 0.1) is 11.4 Å². The Bertz CT molecular complexity index is 818. The maximum absolute atomic E-state index is 10.7. The van der Waals surface area contributed by atoms with Crippen molar-refractivity contribution < 1.29 is 4.92 Å². The maximum Gasteiger partial charge on any atom is 0.364 e. The van der Waals surface area contributed by atoms with Crippen LogP contribution in [0.4, 0.5) is 5.82 Å². The fourth-order valence-corrected chi connectivity index (χ4v) is 2.04. The first kappa shape index (κ1) is 13.2. The highest BCUT2D eigenvalue weighted by Gasteiger charge is 2.12. The average molecular weight is 302 g/mol. The number of rotatable bonds is 3. The molecular formula is C13H8ClN5O2. The molecule has 3 heterocycles. The molecule has 8 heteroatoms. The van der Waals surface area contributed by atoms with Crippen LogP contribution in [0.15, 0.2) is 42.7 Å². The highest BCUT2D eigenvalue weighted by Crippen LogP contribution is 2.25. The zero-order valence-corrected chi connectivity index (χ0v) is 11.3. The van der Waals surface area contributed by atoms with Crippen molar-refractivity contribution in [2.75, 3.05) is 0 Å². The molecule has 0 radical (unpaired) electrons. The summed E-state index contributed by atoms with van der Waals surface area (Å²) in [7, 11) is 0. The Kier molecular flexibility index (Phi) is 3.33. The standard InChI is InChI=1S/C13H8ClN5O2/c14-12-5-8(1-3-15-12)10-7-11(18-17-10)9-2-4-16-13(6-9)19(20)21/h1-7H,(H,17,18). The summed E-state index contributed by atoms with van der Waals surface area (Å²) >= 11 is 5.85. The van der Waals surface area contributed by atoms with Gasteiger partial charge in [0.15, 0.2) is 0 Å². The molecule has 1 N–H and O–H groups in total. The van der Waals surface area contributed by atoms with E-state index >= 15 is 0 Å². The fraction of sp³-hybridized carbons (Fsp3) is 0. The second-order valence-corrected chi connectivity index (χ2v) is 4.58. The largest absolute Gasteiger partial charge is 0.364 e. The Morgan fingerprint density at radius 3 is 2.62 bits per heavy atom. The number of H-pyrrole nitrogens is 1. The highest BCUT2D eigenvalue weighted by molar-refractivity contribution is 6.29. The number of pyridine rings is 2. The van der Waals surface area contributed by atoms with E-state index in [1.54, 1.807) is 30.5 Å². The molecule has 0 unspecified atom stereocenters. The number of hydrogen-bond acceptors (Lipinski definition) is 5. The van der Waals surface area contributed by atoms with E-state index in [1.165, 1.54) is 12.3 Å². The Morgan fingerprint density at radius 2 is 1.86 bits per heavy atom. The monoisotopic (exact) mass is 301 g/mol. The van der Waals surface area contributed by atoms with Gasteiger partial charge in [-0.15, -0.1) is 0 Å². The minimum Gasteiger partial charge on any atom is -0.358 e. The lowest BCUT2D eigenvalue weighted by molar-refractivity contribution is -0.389. The number of aromatic amines is 1. The smallest absolute Gasteiger partial charge is 0.358 e. The number of aromatic nitrogens is 4. The summed E-state index contributed by atoms with van der Waals surface area (Å²) in [5, 5.41) is 18.1. The van der Waals surface area contributed by atoms with Crippen molar-refractivity contribution >= 4 is 17.4 Å². The van der Waals surface area contributed by atoms with Crippen LogP contribution in [0.1, 0.15) is 0 Å². The molecule has 0 aromatic carbocycles. The zero-order valence-electron chi connectivity index (χ0n) is 10.5. The first-order valence-electron chi connectivity index (χ1n) is 5.91. The summed E-state index contributed by atoms with van der Waals surface area (Å²) in [4.78, 5) is 17.8. The van der Waals surface area contributed by atoms with Crippen LogP contribution >= 0.6 is 11.6 Å². The van der Waals surface area contributed by atoms with Gasteiger partial charge in [-0.1, -0.05) is 11.6 Å². The molecule has 0 spiro atoms. The predicted octanol–water partition coefficient (Wildman–Crippen LogP) is 3.10. The van der Waals surface area contributed by atoms with Crippen LogP contribution in [0.3, 0.4) is 0 Å². The number of hydrogen-bond donors (Lipinski definition) is 1. The predicted molar refractivity (Wildman–Crippen MR) is 76.7 cm³/mol. The van der Waals surface area contributed by atoms with Crippen molar-refractivity contribution in [3.8, 4) is 22.5 Å². The molecule has 7 nitrogen and oxygen atoms in total. The molecule has 0 aliphatic heterocycles. The van der Waals surface area contributed by atoms with Crippen LogP contribution in [0.25, 0.3) is 22.5 Å². The van der Waals surface area contributed by atoms with Crippen molar-refractivity contribution in [3.05, 3.63) is 58.0 Å². The fourth-order valence-electron chi connectivity index (χ4n) is 1.87. The molecule has 0 saturated carbocycles. The first-order valence-corrected chi connectivity index (χ1v) is 6.29. The van der Waals surface area contributed by atoms with E-state index in [4.69, 9.17) is 11.6 Å². The van der Waals surface area contributed by atoms with Gasteiger partial charge in [0.1, 0.15) is 11.3 Å². The van der Waals surface area contributed by atoms with Crippen molar-refractivity contribution in [3.63, 3.8) is 0 Å². The molecule has 3 aromatic heterocycles. The molecule has 0 bridgehead atoms. The summed E-state index contributed by atoms with van der Waals surface area (Å²) in [6.45, 7) is 0. The lowest BCUT2D eigenvalue weighted by Gasteiger charge is -1.96. The van der Waals surface area contributed by atoms with Crippen LogP contribution in [-0.4, -0.2) is 25.1 Å². The summed E-state index contributed by atoms with van der Waals surface area (Å²) < 4.78 is 0. The van der Waals surface area contributed by atoms with E-state index in [9.17, 15) is 10.1 Å². The molecule has 3 aromatic rings. The molecule has 0 amide bonds. The molecule has 21 heavy (non-hydrogen) atoms. The van der Waals surface area contributed by atoms with E-state index < -0.39 is 4.92 Å². The van der Waals surface area contributed by atoms with E-state index in [2.05, 4.69) is 20.2 Å². The van der Waals surface area contributed by atoms with Gasteiger partial charge in [0.2, 0.25) is 0 Å². The first-order chi connectivity index (χ1) is 10.1. The Hall–Kier alpha value is -2.80. The van der Waals surface area contributed by atoms with Crippen LogP contribution < -0.4 is 0 Å². The highest BCUT2D eigenvalue weighted by atomic mass is 35.5.